The van der Waals surface area contributed by atoms with Crippen molar-refractivity contribution in [1.29, 1.82) is 0 Å². The lowest BCUT2D eigenvalue weighted by Crippen LogP contribution is -2.11. The molecule has 1 aromatic heterocycles. The van der Waals surface area contributed by atoms with Crippen LogP contribution in [0.25, 0.3) is 22.2 Å². The fourth-order valence-electron chi connectivity index (χ4n) is 2.51. The zero-order valence-corrected chi connectivity index (χ0v) is 12.9. The van der Waals surface area contributed by atoms with Crippen molar-refractivity contribution in [2.45, 2.75) is 19.8 Å². The van der Waals surface area contributed by atoms with Gasteiger partial charge in [-0.15, -0.1) is 0 Å². The van der Waals surface area contributed by atoms with E-state index in [1.165, 1.54) is 5.56 Å². The third kappa shape index (κ3) is 2.60. The highest BCUT2D eigenvalue weighted by Gasteiger charge is 2.09. The average molecular weight is 294 g/mol. The van der Waals surface area contributed by atoms with Gasteiger partial charge in [0.15, 0.2) is 0 Å². The van der Waals surface area contributed by atoms with Crippen LogP contribution in [0, 0.1) is 0 Å². The Hall–Kier alpha value is -2.62. The molecule has 0 atom stereocenters. The van der Waals surface area contributed by atoms with Crippen LogP contribution < -0.4 is 10.4 Å². The highest BCUT2D eigenvalue weighted by atomic mass is 16.5. The minimum Gasteiger partial charge on any atom is -0.497 e. The van der Waals surface area contributed by atoms with Gasteiger partial charge in [-0.1, -0.05) is 38.1 Å². The summed E-state index contributed by atoms with van der Waals surface area (Å²) in [4.78, 5) is 18.7. The first kappa shape index (κ1) is 14.3. The molecule has 4 heteroatoms. The largest absolute Gasteiger partial charge is 0.497 e. The first-order valence-electron chi connectivity index (χ1n) is 7.27. The molecule has 3 rings (SSSR count). The predicted molar refractivity (Wildman–Crippen MR) is 88.4 cm³/mol. The summed E-state index contributed by atoms with van der Waals surface area (Å²) in [6.45, 7) is 4.31. The van der Waals surface area contributed by atoms with E-state index < -0.39 is 0 Å². The molecule has 4 nitrogen and oxygen atoms in total. The number of methoxy groups -OCH3 is 1. The number of aromatic nitrogens is 2. The van der Waals surface area contributed by atoms with Crippen LogP contribution in [-0.4, -0.2) is 17.1 Å². The summed E-state index contributed by atoms with van der Waals surface area (Å²) >= 11 is 0. The number of ether oxygens (including phenoxy) is 1. The van der Waals surface area contributed by atoms with Gasteiger partial charge in [-0.05, 0) is 29.7 Å². The topological polar surface area (TPSA) is 55.0 Å². The molecular weight excluding hydrogens is 276 g/mol. The molecule has 0 aliphatic heterocycles. The maximum Gasteiger partial charge on any atom is 0.345 e. The average Bonchev–Trinajstić information content (AvgIpc) is 2.53. The van der Waals surface area contributed by atoms with Crippen LogP contribution in [0.15, 0.2) is 47.3 Å². The summed E-state index contributed by atoms with van der Waals surface area (Å²) in [5.74, 6) is 1.21. The van der Waals surface area contributed by atoms with E-state index in [9.17, 15) is 4.79 Å². The third-order valence-electron chi connectivity index (χ3n) is 3.79. The van der Waals surface area contributed by atoms with E-state index in [1.54, 1.807) is 7.11 Å². The van der Waals surface area contributed by atoms with E-state index in [0.29, 0.717) is 11.6 Å². The molecule has 0 fully saturated rings. The monoisotopic (exact) mass is 294 g/mol. The van der Waals surface area contributed by atoms with Gasteiger partial charge in [0, 0.05) is 10.9 Å². The highest BCUT2D eigenvalue weighted by molar-refractivity contribution is 5.92. The number of hydrogen-bond donors (Lipinski definition) is 1. The molecule has 0 aliphatic carbocycles. The Morgan fingerprint density at radius 2 is 1.82 bits per heavy atom. The summed E-state index contributed by atoms with van der Waals surface area (Å²) in [5, 5.41) is 0.872. The van der Waals surface area contributed by atoms with Gasteiger partial charge >= 0.3 is 5.69 Å². The van der Waals surface area contributed by atoms with Gasteiger partial charge in [0.05, 0.1) is 18.3 Å². The fraction of sp³-hybridized carbons (Fsp3) is 0.222. The number of nitrogens with zero attached hydrogens (tertiary/aromatic N) is 1. The SMILES string of the molecule is COc1ccc2[nH]c(=O)nc(-c3ccc(C(C)C)cc3)c2c1. The van der Waals surface area contributed by atoms with Crippen molar-refractivity contribution in [1.82, 2.24) is 9.97 Å². The zero-order chi connectivity index (χ0) is 15.7. The lowest BCUT2D eigenvalue weighted by Gasteiger charge is -2.09. The van der Waals surface area contributed by atoms with E-state index in [-0.39, 0.29) is 5.69 Å². The van der Waals surface area contributed by atoms with Crippen molar-refractivity contribution >= 4 is 10.9 Å². The van der Waals surface area contributed by atoms with Gasteiger partial charge < -0.3 is 9.72 Å². The summed E-state index contributed by atoms with van der Waals surface area (Å²) < 4.78 is 5.27. The Balaban J connectivity index is 2.22. The molecule has 112 valence electrons. The van der Waals surface area contributed by atoms with Crippen LogP contribution in [0.5, 0.6) is 5.75 Å². The number of hydrogen-bond acceptors (Lipinski definition) is 3. The summed E-state index contributed by atoms with van der Waals surface area (Å²) in [5.41, 5.74) is 3.27. The maximum absolute atomic E-state index is 11.8. The molecule has 0 unspecified atom stereocenters. The minimum atomic E-state index is -0.347. The number of H-pyrrole nitrogens is 1. The lowest BCUT2D eigenvalue weighted by molar-refractivity contribution is 0.415. The smallest absolute Gasteiger partial charge is 0.345 e. The maximum atomic E-state index is 11.8. The molecule has 0 aliphatic rings. The molecule has 1 N–H and O–H groups in total. The standard InChI is InChI=1S/C18H18N2O2/c1-11(2)12-4-6-13(7-5-12)17-15-10-14(22-3)8-9-16(15)19-18(21)20-17/h4-11H,1-3H3,(H,19,20,21). The fourth-order valence-corrected chi connectivity index (χ4v) is 2.51. The number of rotatable bonds is 3. The van der Waals surface area contributed by atoms with Crippen molar-refractivity contribution < 1.29 is 4.74 Å². The van der Waals surface area contributed by atoms with E-state index in [1.807, 2.05) is 30.3 Å². The number of benzene rings is 2. The summed E-state index contributed by atoms with van der Waals surface area (Å²) in [7, 11) is 1.62. The molecule has 0 spiro atoms. The van der Waals surface area contributed by atoms with Crippen LogP contribution in [0.4, 0.5) is 0 Å². The van der Waals surface area contributed by atoms with Crippen molar-refractivity contribution in [3.05, 3.63) is 58.5 Å². The van der Waals surface area contributed by atoms with E-state index in [2.05, 4.69) is 35.9 Å². The van der Waals surface area contributed by atoms with Crippen LogP contribution >= 0.6 is 0 Å². The van der Waals surface area contributed by atoms with E-state index >= 15 is 0 Å². The van der Waals surface area contributed by atoms with E-state index in [0.717, 1.165) is 22.2 Å². The van der Waals surface area contributed by atoms with Crippen LogP contribution in [0.3, 0.4) is 0 Å². The highest BCUT2D eigenvalue weighted by Crippen LogP contribution is 2.28. The minimum absolute atomic E-state index is 0.347. The summed E-state index contributed by atoms with van der Waals surface area (Å²) in [6, 6.07) is 13.7. The first-order valence-corrected chi connectivity index (χ1v) is 7.27. The summed E-state index contributed by atoms with van der Waals surface area (Å²) in [6.07, 6.45) is 0. The molecule has 0 saturated carbocycles. The van der Waals surface area contributed by atoms with Crippen LogP contribution in [-0.2, 0) is 0 Å². The van der Waals surface area contributed by atoms with Crippen molar-refractivity contribution in [2.24, 2.45) is 0 Å². The quantitative estimate of drug-likeness (QED) is 0.801. The molecular formula is C18H18N2O2. The van der Waals surface area contributed by atoms with Gasteiger partial charge in [0.2, 0.25) is 0 Å². The van der Waals surface area contributed by atoms with Crippen molar-refractivity contribution in [3.63, 3.8) is 0 Å². The van der Waals surface area contributed by atoms with Gasteiger partial charge in [-0.2, -0.15) is 4.98 Å². The predicted octanol–water partition coefficient (Wildman–Crippen LogP) is 3.72. The van der Waals surface area contributed by atoms with Gasteiger partial charge in [0.25, 0.3) is 0 Å². The molecule has 2 aromatic carbocycles. The molecule has 3 aromatic rings. The van der Waals surface area contributed by atoms with Gasteiger partial charge in [-0.3, -0.25) is 0 Å². The van der Waals surface area contributed by atoms with Gasteiger partial charge in [0.1, 0.15) is 5.75 Å². The Morgan fingerprint density at radius 1 is 1.09 bits per heavy atom. The molecule has 0 bridgehead atoms. The molecule has 22 heavy (non-hydrogen) atoms. The molecule has 0 amide bonds. The second-order valence-electron chi connectivity index (χ2n) is 5.58. The molecule has 0 saturated heterocycles. The normalized spacial score (nSPS) is 11.1. The number of fused-ring (bicyclic) bond motifs is 1. The number of nitrogens with one attached hydrogen (secondary N) is 1. The van der Waals surface area contributed by atoms with Crippen molar-refractivity contribution in [3.8, 4) is 17.0 Å². The second kappa shape index (κ2) is 5.64. The lowest BCUT2D eigenvalue weighted by atomic mass is 9.99. The van der Waals surface area contributed by atoms with Crippen molar-refractivity contribution in [2.75, 3.05) is 7.11 Å². The Bertz CT molecular complexity index is 864. The Labute approximate surface area is 128 Å². The first-order chi connectivity index (χ1) is 10.6. The van der Waals surface area contributed by atoms with Crippen LogP contribution in [0.1, 0.15) is 25.3 Å². The van der Waals surface area contributed by atoms with Crippen LogP contribution in [0.2, 0.25) is 0 Å². The van der Waals surface area contributed by atoms with E-state index in [4.69, 9.17) is 4.74 Å². The second-order valence-corrected chi connectivity index (χ2v) is 5.58. The van der Waals surface area contributed by atoms with Gasteiger partial charge in [-0.25, -0.2) is 4.79 Å². The third-order valence-corrected chi connectivity index (χ3v) is 3.79. The number of aromatic amines is 1. The molecule has 0 radical (unpaired) electrons. The zero-order valence-electron chi connectivity index (χ0n) is 12.9. The molecule has 1 heterocycles. The Kier molecular flexibility index (Phi) is 3.67. The Morgan fingerprint density at radius 3 is 2.45 bits per heavy atom.